The summed E-state index contributed by atoms with van der Waals surface area (Å²) in [6.07, 6.45) is 0. The number of ketones is 1. The summed E-state index contributed by atoms with van der Waals surface area (Å²) >= 11 is 3.40. The summed E-state index contributed by atoms with van der Waals surface area (Å²) in [5.74, 6) is -0.392. The Morgan fingerprint density at radius 2 is 1.87 bits per heavy atom. The maximum absolute atomic E-state index is 13.0. The van der Waals surface area contributed by atoms with Gasteiger partial charge < -0.3 is 24.4 Å². The Hall–Kier alpha value is -2.84. The molecular formula is C23H25BrN2O5. The van der Waals surface area contributed by atoms with Gasteiger partial charge in [0.15, 0.2) is 0 Å². The van der Waals surface area contributed by atoms with Crippen molar-refractivity contribution in [1.82, 2.24) is 9.80 Å². The predicted octanol–water partition coefficient (Wildman–Crippen LogP) is 3.45. The van der Waals surface area contributed by atoms with Gasteiger partial charge in [0.25, 0.3) is 11.7 Å². The summed E-state index contributed by atoms with van der Waals surface area (Å²) in [6.45, 7) is 0.907. The number of carbonyl (C=O) groups excluding carboxylic acids is 2. The molecule has 0 aromatic heterocycles. The van der Waals surface area contributed by atoms with Gasteiger partial charge in [-0.2, -0.15) is 0 Å². The number of methoxy groups -OCH3 is 2. The highest BCUT2D eigenvalue weighted by Crippen LogP contribution is 2.40. The number of Topliss-reactive ketones (excluding diaryl/α,β-unsaturated/α-hetero) is 1. The maximum atomic E-state index is 13.0. The first kappa shape index (κ1) is 22.8. The van der Waals surface area contributed by atoms with E-state index in [1.54, 1.807) is 50.6 Å². The van der Waals surface area contributed by atoms with Crippen LogP contribution in [-0.4, -0.2) is 68.0 Å². The second kappa shape index (κ2) is 9.53. The summed E-state index contributed by atoms with van der Waals surface area (Å²) in [5, 5.41) is 11.1. The molecule has 0 spiro atoms. The van der Waals surface area contributed by atoms with Crippen molar-refractivity contribution in [3.05, 3.63) is 63.6 Å². The molecule has 7 nitrogen and oxygen atoms in total. The van der Waals surface area contributed by atoms with Crippen LogP contribution in [0, 0.1) is 0 Å². The lowest BCUT2D eigenvalue weighted by atomic mass is 9.95. The van der Waals surface area contributed by atoms with E-state index in [4.69, 9.17) is 9.47 Å². The van der Waals surface area contributed by atoms with Gasteiger partial charge in [0, 0.05) is 18.7 Å². The Morgan fingerprint density at radius 1 is 1.13 bits per heavy atom. The van der Waals surface area contributed by atoms with Crippen LogP contribution in [0.2, 0.25) is 0 Å². The summed E-state index contributed by atoms with van der Waals surface area (Å²) in [5.41, 5.74) is 1.15. The quantitative estimate of drug-likeness (QED) is 0.365. The van der Waals surface area contributed by atoms with Crippen molar-refractivity contribution in [2.75, 3.05) is 41.4 Å². The zero-order valence-electron chi connectivity index (χ0n) is 17.9. The number of amides is 1. The fourth-order valence-electron chi connectivity index (χ4n) is 3.55. The van der Waals surface area contributed by atoms with Crippen LogP contribution < -0.4 is 9.47 Å². The van der Waals surface area contributed by atoms with E-state index in [1.165, 1.54) is 4.90 Å². The number of ether oxygens (including phenoxy) is 2. The van der Waals surface area contributed by atoms with E-state index in [0.29, 0.717) is 40.2 Å². The number of rotatable bonds is 7. The lowest BCUT2D eigenvalue weighted by molar-refractivity contribution is -0.140. The average Bonchev–Trinajstić information content (AvgIpc) is 3.01. The average molecular weight is 489 g/mol. The van der Waals surface area contributed by atoms with Gasteiger partial charge in [-0.05, 0) is 65.9 Å². The number of likely N-dealkylation sites (tertiary alicyclic amines) is 1. The monoisotopic (exact) mass is 488 g/mol. The maximum Gasteiger partial charge on any atom is 0.295 e. The molecule has 31 heavy (non-hydrogen) atoms. The van der Waals surface area contributed by atoms with Crippen molar-refractivity contribution >= 4 is 33.4 Å². The number of hydrogen-bond acceptors (Lipinski definition) is 6. The highest BCUT2D eigenvalue weighted by Gasteiger charge is 2.46. The molecule has 1 aliphatic heterocycles. The molecule has 1 amide bonds. The van der Waals surface area contributed by atoms with E-state index in [9.17, 15) is 14.7 Å². The predicted molar refractivity (Wildman–Crippen MR) is 121 cm³/mol. The minimum absolute atomic E-state index is 0.0501. The molecule has 1 aliphatic rings. The SMILES string of the molecule is COc1cccc(C2/C(=C(/O)c3ccc(OC)c(Br)c3)C(=O)C(=O)N2CCN(C)C)c1. The largest absolute Gasteiger partial charge is 0.507 e. The molecule has 0 aliphatic carbocycles. The van der Waals surface area contributed by atoms with Crippen LogP contribution in [0.25, 0.3) is 5.76 Å². The lowest BCUT2D eigenvalue weighted by Crippen LogP contribution is -2.35. The Balaban J connectivity index is 2.17. The fourth-order valence-corrected chi connectivity index (χ4v) is 4.09. The van der Waals surface area contributed by atoms with E-state index < -0.39 is 17.7 Å². The molecule has 164 valence electrons. The Bertz CT molecular complexity index is 1030. The number of hydrogen-bond donors (Lipinski definition) is 1. The minimum atomic E-state index is -0.726. The molecule has 1 fully saturated rings. The molecule has 1 atom stereocenters. The fraction of sp³-hybridized carbons (Fsp3) is 0.304. The summed E-state index contributed by atoms with van der Waals surface area (Å²) in [4.78, 5) is 29.4. The zero-order chi connectivity index (χ0) is 22.7. The molecule has 3 rings (SSSR count). The highest BCUT2D eigenvalue weighted by atomic mass is 79.9. The number of aliphatic hydroxyl groups excluding tert-OH is 1. The van der Waals surface area contributed by atoms with Gasteiger partial charge in [-0.25, -0.2) is 0 Å². The highest BCUT2D eigenvalue weighted by molar-refractivity contribution is 9.10. The molecule has 0 saturated carbocycles. The molecule has 8 heteroatoms. The van der Waals surface area contributed by atoms with Crippen LogP contribution in [-0.2, 0) is 9.59 Å². The van der Waals surface area contributed by atoms with Gasteiger partial charge in [0.05, 0.1) is 30.3 Å². The van der Waals surface area contributed by atoms with Gasteiger partial charge in [-0.3, -0.25) is 9.59 Å². The van der Waals surface area contributed by atoms with Crippen LogP contribution in [0.3, 0.4) is 0 Å². The molecule has 1 N–H and O–H groups in total. The molecule has 0 radical (unpaired) electrons. The number of aliphatic hydroxyl groups is 1. The molecule has 0 bridgehead atoms. The van der Waals surface area contributed by atoms with Crippen LogP contribution in [0.15, 0.2) is 52.5 Å². The number of likely N-dealkylation sites (N-methyl/N-ethyl adjacent to an activating group) is 1. The van der Waals surface area contributed by atoms with Gasteiger partial charge in [-0.1, -0.05) is 12.1 Å². The van der Waals surface area contributed by atoms with Crippen molar-refractivity contribution in [2.24, 2.45) is 0 Å². The van der Waals surface area contributed by atoms with Crippen LogP contribution in [0.4, 0.5) is 0 Å². The van der Waals surface area contributed by atoms with Crippen molar-refractivity contribution in [1.29, 1.82) is 0 Å². The third kappa shape index (κ3) is 4.60. The second-order valence-electron chi connectivity index (χ2n) is 7.42. The zero-order valence-corrected chi connectivity index (χ0v) is 19.5. The molecule has 1 unspecified atom stereocenters. The smallest absolute Gasteiger partial charge is 0.295 e. The summed E-state index contributed by atoms with van der Waals surface area (Å²) in [6, 6.07) is 11.4. The van der Waals surface area contributed by atoms with E-state index in [-0.39, 0.29) is 11.3 Å². The standard InChI is InChI=1S/C23H25BrN2O5/c1-25(2)10-11-26-20(14-6-5-7-16(12-14)30-3)19(22(28)23(26)29)21(27)15-8-9-18(31-4)17(24)13-15/h5-9,12-13,20,27H,10-11H2,1-4H3/b21-19-. The van der Waals surface area contributed by atoms with Gasteiger partial charge in [0.1, 0.15) is 17.3 Å². The van der Waals surface area contributed by atoms with E-state index in [2.05, 4.69) is 15.9 Å². The lowest BCUT2D eigenvalue weighted by Gasteiger charge is -2.26. The number of nitrogens with zero attached hydrogens (tertiary/aromatic N) is 2. The molecule has 1 heterocycles. The van der Waals surface area contributed by atoms with Crippen molar-refractivity contribution in [3.8, 4) is 11.5 Å². The van der Waals surface area contributed by atoms with Crippen molar-refractivity contribution in [3.63, 3.8) is 0 Å². The Kier molecular flexibility index (Phi) is 7.02. The summed E-state index contributed by atoms with van der Waals surface area (Å²) < 4.78 is 11.2. The second-order valence-corrected chi connectivity index (χ2v) is 8.28. The third-order valence-corrected chi connectivity index (χ3v) is 5.78. The van der Waals surface area contributed by atoms with Gasteiger partial charge in [-0.15, -0.1) is 0 Å². The number of carbonyl (C=O) groups is 2. The van der Waals surface area contributed by atoms with Crippen LogP contribution in [0.1, 0.15) is 17.2 Å². The van der Waals surface area contributed by atoms with E-state index in [0.717, 1.165) is 0 Å². The topological polar surface area (TPSA) is 79.3 Å². The van der Waals surface area contributed by atoms with Crippen LogP contribution >= 0.6 is 15.9 Å². The van der Waals surface area contributed by atoms with E-state index in [1.807, 2.05) is 25.1 Å². The normalized spacial score (nSPS) is 18.0. The van der Waals surface area contributed by atoms with Crippen molar-refractivity contribution < 1.29 is 24.2 Å². The van der Waals surface area contributed by atoms with Gasteiger partial charge >= 0.3 is 0 Å². The minimum Gasteiger partial charge on any atom is -0.507 e. The first-order chi connectivity index (χ1) is 14.8. The Labute approximate surface area is 190 Å². The summed E-state index contributed by atoms with van der Waals surface area (Å²) in [7, 11) is 6.88. The first-order valence-electron chi connectivity index (χ1n) is 9.69. The number of halogens is 1. The molecule has 1 saturated heterocycles. The van der Waals surface area contributed by atoms with E-state index >= 15 is 0 Å². The number of benzene rings is 2. The molecule has 2 aromatic carbocycles. The van der Waals surface area contributed by atoms with Crippen molar-refractivity contribution in [2.45, 2.75) is 6.04 Å². The Morgan fingerprint density at radius 3 is 2.48 bits per heavy atom. The molecule has 2 aromatic rings. The van der Waals surface area contributed by atoms with Crippen LogP contribution in [0.5, 0.6) is 11.5 Å². The molecular weight excluding hydrogens is 464 g/mol. The first-order valence-corrected chi connectivity index (χ1v) is 10.5. The third-order valence-electron chi connectivity index (χ3n) is 5.16. The van der Waals surface area contributed by atoms with Gasteiger partial charge in [0.2, 0.25) is 0 Å².